The summed E-state index contributed by atoms with van der Waals surface area (Å²) in [5.74, 6) is 1.40. The largest absolute Gasteiger partial charge is 0.497 e. The van der Waals surface area contributed by atoms with E-state index in [9.17, 15) is 9.59 Å². The predicted octanol–water partition coefficient (Wildman–Crippen LogP) is 7.25. The van der Waals surface area contributed by atoms with E-state index in [-0.39, 0.29) is 24.3 Å². The van der Waals surface area contributed by atoms with Crippen LogP contribution in [0.1, 0.15) is 49.4 Å². The van der Waals surface area contributed by atoms with Gasteiger partial charge in [-0.15, -0.1) is 0 Å². The molecule has 2 heterocycles. The van der Waals surface area contributed by atoms with Gasteiger partial charge in [-0.05, 0) is 83.4 Å². The third-order valence-electron chi connectivity index (χ3n) is 7.56. The maximum absolute atomic E-state index is 14.3. The summed E-state index contributed by atoms with van der Waals surface area (Å²) in [6.07, 6.45) is 2.99. The lowest BCUT2D eigenvalue weighted by molar-refractivity contribution is -0.139. The Morgan fingerprint density at radius 2 is 1.79 bits per heavy atom. The summed E-state index contributed by atoms with van der Waals surface area (Å²) < 4.78 is 31.1. The van der Waals surface area contributed by atoms with E-state index >= 15 is 0 Å². The van der Waals surface area contributed by atoms with Gasteiger partial charge < -0.3 is 23.7 Å². The number of esters is 1. The predicted molar refractivity (Wildman–Crippen MR) is 191 cm³/mol. The van der Waals surface area contributed by atoms with Gasteiger partial charge in [-0.2, -0.15) is 0 Å². The van der Waals surface area contributed by atoms with Crippen molar-refractivity contribution in [3.05, 3.63) is 111 Å². The number of rotatable bonds is 12. The summed E-state index contributed by atoms with van der Waals surface area (Å²) in [6, 6.07) is 13.2. The molecule has 13 heteroatoms. The first-order valence-corrected chi connectivity index (χ1v) is 17.4. The molecule has 5 rings (SSSR count). The highest BCUT2D eigenvalue weighted by Crippen LogP contribution is 2.40. The molecular weight excluding hydrogens is 743 g/mol. The van der Waals surface area contributed by atoms with E-state index in [1.165, 1.54) is 23.0 Å². The average Bonchev–Trinajstić information content (AvgIpc) is 3.37. The number of aromatic nitrogens is 1. The van der Waals surface area contributed by atoms with Crippen LogP contribution in [-0.2, 0) is 16.1 Å². The second kappa shape index (κ2) is 15.6. The van der Waals surface area contributed by atoms with Crippen molar-refractivity contribution in [2.75, 3.05) is 27.9 Å². The van der Waals surface area contributed by atoms with Gasteiger partial charge in [0, 0.05) is 21.2 Å². The van der Waals surface area contributed by atoms with Gasteiger partial charge >= 0.3 is 5.97 Å². The van der Waals surface area contributed by atoms with E-state index in [1.54, 1.807) is 69.7 Å². The average molecular weight is 777 g/mol. The highest BCUT2D eigenvalue weighted by Gasteiger charge is 2.36. The second-order valence-electron chi connectivity index (χ2n) is 10.6. The van der Waals surface area contributed by atoms with Crippen LogP contribution in [0.4, 0.5) is 0 Å². The standard InChI is InChI=1S/C35H33BrCl2N2O7S/c1-6-8-26-30(34(42)46-7-2)31(23-17-22(43-3)11-12-27(23)44-4)40-33(41)29(48-35(40)39-26)15-19-13-24(36)32(28(14-19)45-5)47-18-20-9-10-21(37)16-25(20)38/h9-17,31H,6-8,18H2,1-5H3/b29-15-/t31-/m0/s1. The molecule has 1 aliphatic rings. The number of thiazole rings is 1. The van der Waals surface area contributed by atoms with Crippen LogP contribution in [0.2, 0.25) is 10.0 Å². The fourth-order valence-corrected chi connectivity index (χ4v) is 7.43. The topological polar surface area (TPSA) is 97.6 Å². The Bertz CT molecular complexity index is 2080. The molecule has 3 aromatic carbocycles. The molecule has 48 heavy (non-hydrogen) atoms. The van der Waals surface area contributed by atoms with Crippen LogP contribution in [0, 0.1) is 0 Å². The molecule has 0 fully saturated rings. The molecule has 0 unspecified atom stereocenters. The van der Waals surface area contributed by atoms with Gasteiger partial charge in [-0.3, -0.25) is 9.36 Å². The molecular formula is C35H33BrCl2N2O7S. The van der Waals surface area contributed by atoms with Gasteiger partial charge in [0.1, 0.15) is 24.1 Å². The van der Waals surface area contributed by atoms with Crippen molar-refractivity contribution < 1.29 is 28.5 Å². The lowest BCUT2D eigenvalue weighted by atomic mass is 9.93. The van der Waals surface area contributed by atoms with Gasteiger partial charge in [0.2, 0.25) is 0 Å². The van der Waals surface area contributed by atoms with Crippen molar-refractivity contribution in [3.8, 4) is 23.0 Å². The van der Waals surface area contributed by atoms with Crippen molar-refractivity contribution in [2.45, 2.75) is 39.3 Å². The fraction of sp³-hybridized carbons (Fsp3) is 0.286. The highest BCUT2D eigenvalue weighted by atomic mass is 79.9. The van der Waals surface area contributed by atoms with Gasteiger partial charge in [0.25, 0.3) is 5.56 Å². The molecule has 1 aliphatic heterocycles. The molecule has 4 aromatic rings. The van der Waals surface area contributed by atoms with Crippen molar-refractivity contribution in [2.24, 2.45) is 4.99 Å². The first-order valence-electron chi connectivity index (χ1n) is 15.0. The summed E-state index contributed by atoms with van der Waals surface area (Å²) in [7, 11) is 4.63. The van der Waals surface area contributed by atoms with Gasteiger partial charge in [0.05, 0.1) is 48.2 Å². The third-order valence-corrected chi connectivity index (χ3v) is 9.72. The van der Waals surface area contributed by atoms with E-state index in [4.69, 9.17) is 51.9 Å². The van der Waals surface area contributed by atoms with E-state index in [0.717, 1.165) is 12.0 Å². The van der Waals surface area contributed by atoms with E-state index in [0.29, 0.717) is 70.1 Å². The Hall–Kier alpha value is -3.77. The molecule has 0 bridgehead atoms. The minimum Gasteiger partial charge on any atom is -0.497 e. The molecule has 0 spiro atoms. The molecule has 9 nitrogen and oxygen atoms in total. The second-order valence-corrected chi connectivity index (χ2v) is 13.3. The smallest absolute Gasteiger partial charge is 0.338 e. The summed E-state index contributed by atoms with van der Waals surface area (Å²) in [6.45, 7) is 4.09. The third kappa shape index (κ3) is 7.29. The van der Waals surface area contributed by atoms with Crippen LogP contribution in [0.15, 0.2) is 74.1 Å². The summed E-state index contributed by atoms with van der Waals surface area (Å²) in [5.41, 5.74) is 2.52. The van der Waals surface area contributed by atoms with Gasteiger partial charge in [-0.1, -0.05) is 53.9 Å². The maximum atomic E-state index is 14.3. The van der Waals surface area contributed by atoms with Crippen LogP contribution >= 0.6 is 50.5 Å². The highest BCUT2D eigenvalue weighted by molar-refractivity contribution is 9.10. The van der Waals surface area contributed by atoms with E-state index in [2.05, 4.69) is 15.9 Å². The number of fused-ring (bicyclic) bond motifs is 1. The normalized spacial score (nSPS) is 14.3. The minimum absolute atomic E-state index is 0.164. The first-order chi connectivity index (χ1) is 23.1. The molecule has 0 saturated heterocycles. The quantitative estimate of drug-likeness (QED) is 0.140. The first kappa shape index (κ1) is 35.5. The Morgan fingerprint density at radius 1 is 1.02 bits per heavy atom. The van der Waals surface area contributed by atoms with Gasteiger partial charge in [0.15, 0.2) is 16.3 Å². The van der Waals surface area contributed by atoms with E-state index < -0.39 is 12.0 Å². The van der Waals surface area contributed by atoms with Crippen molar-refractivity contribution in [3.63, 3.8) is 0 Å². The Labute approximate surface area is 300 Å². The van der Waals surface area contributed by atoms with Crippen LogP contribution in [-0.4, -0.2) is 38.5 Å². The number of halogens is 3. The SMILES string of the molecule is CCCC1=C(C(=O)OCC)[C@H](c2cc(OC)ccc2OC)n2c(s/c(=C\c3cc(Br)c(OCc4ccc(Cl)cc4Cl)c(OC)c3)c2=O)=N1. The summed E-state index contributed by atoms with van der Waals surface area (Å²) >= 11 is 17.2. The van der Waals surface area contributed by atoms with Crippen LogP contribution in [0.3, 0.4) is 0 Å². The zero-order chi connectivity index (χ0) is 34.5. The molecule has 0 saturated carbocycles. The van der Waals surface area contributed by atoms with Crippen molar-refractivity contribution in [1.82, 2.24) is 4.57 Å². The molecule has 0 radical (unpaired) electrons. The molecule has 252 valence electrons. The Kier molecular flexibility index (Phi) is 11.6. The summed E-state index contributed by atoms with van der Waals surface area (Å²) in [4.78, 5) is 33.2. The number of benzene rings is 3. The lowest BCUT2D eigenvalue weighted by Crippen LogP contribution is -2.40. The Morgan fingerprint density at radius 3 is 2.46 bits per heavy atom. The number of carbonyl (C=O) groups excluding carboxylic acids is 1. The monoisotopic (exact) mass is 774 g/mol. The zero-order valence-electron chi connectivity index (χ0n) is 26.9. The number of ether oxygens (including phenoxy) is 5. The number of hydrogen-bond acceptors (Lipinski definition) is 9. The van der Waals surface area contributed by atoms with Gasteiger partial charge in [-0.25, -0.2) is 9.79 Å². The molecule has 0 aliphatic carbocycles. The number of carbonyl (C=O) groups is 1. The Balaban J connectivity index is 1.65. The van der Waals surface area contributed by atoms with Crippen molar-refractivity contribution >= 4 is 62.5 Å². The van der Waals surface area contributed by atoms with Crippen LogP contribution < -0.4 is 33.8 Å². The van der Waals surface area contributed by atoms with E-state index in [1.807, 2.05) is 13.0 Å². The number of hydrogen-bond donors (Lipinski definition) is 0. The minimum atomic E-state index is -0.870. The molecule has 1 atom stereocenters. The molecule has 1 aromatic heterocycles. The zero-order valence-corrected chi connectivity index (χ0v) is 30.8. The molecule has 0 amide bonds. The maximum Gasteiger partial charge on any atom is 0.338 e. The van der Waals surface area contributed by atoms with Crippen LogP contribution in [0.5, 0.6) is 23.0 Å². The lowest BCUT2D eigenvalue weighted by Gasteiger charge is -2.27. The molecule has 0 N–H and O–H groups in total. The number of nitrogens with zero attached hydrogens (tertiary/aromatic N) is 2. The van der Waals surface area contributed by atoms with Crippen LogP contribution in [0.25, 0.3) is 6.08 Å². The van der Waals surface area contributed by atoms with Crippen molar-refractivity contribution in [1.29, 1.82) is 0 Å². The fourth-order valence-electron chi connectivity index (χ4n) is 5.37. The summed E-state index contributed by atoms with van der Waals surface area (Å²) in [5, 5.41) is 1.02. The number of allylic oxidation sites excluding steroid dienone is 1. The number of methoxy groups -OCH3 is 3.